The fourth-order valence-corrected chi connectivity index (χ4v) is 4.35. The summed E-state index contributed by atoms with van der Waals surface area (Å²) in [6.07, 6.45) is 4.56. The molecule has 4 rings (SSSR count). The van der Waals surface area contributed by atoms with Gasteiger partial charge in [0, 0.05) is 24.7 Å². The van der Waals surface area contributed by atoms with Gasteiger partial charge in [0.1, 0.15) is 5.75 Å². The normalized spacial score (nSPS) is 17.1. The first kappa shape index (κ1) is 20.7. The molecule has 2 amide bonds. The largest absolute Gasteiger partial charge is 0.497 e. The lowest BCUT2D eigenvalue weighted by atomic mass is 10.00. The Morgan fingerprint density at radius 1 is 1.13 bits per heavy atom. The molecule has 2 fully saturated rings. The SMILES string of the molecule is COc1ccc(C(=O)NC(=O)CSc2nnc(N3CCC(C)CC3)n2C2CC2)cc1. The molecule has 1 aromatic carbocycles. The lowest BCUT2D eigenvalue weighted by Gasteiger charge is -2.31. The summed E-state index contributed by atoms with van der Waals surface area (Å²) >= 11 is 1.33. The van der Waals surface area contributed by atoms with E-state index < -0.39 is 5.91 Å². The number of ether oxygens (including phenoxy) is 1. The summed E-state index contributed by atoms with van der Waals surface area (Å²) in [6.45, 7) is 4.27. The Balaban J connectivity index is 1.36. The lowest BCUT2D eigenvalue weighted by Crippen LogP contribution is -2.34. The maximum atomic E-state index is 12.3. The van der Waals surface area contributed by atoms with Crippen LogP contribution in [-0.4, -0.2) is 52.5 Å². The molecule has 2 aromatic rings. The van der Waals surface area contributed by atoms with Crippen molar-refractivity contribution >= 4 is 29.5 Å². The molecule has 1 saturated carbocycles. The smallest absolute Gasteiger partial charge is 0.257 e. The Bertz CT molecular complexity index is 902. The number of piperidine rings is 1. The first-order chi connectivity index (χ1) is 14.5. The highest BCUT2D eigenvalue weighted by Crippen LogP contribution is 2.41. The summed E-state index contributed by atoms with van der Waals surface area (Å²) in [7, 11) is 1.56. The molecule has 1 aliphatic carbocycles. The Hall–Kier alpha value is -2.55. The van der Waals surface area contributed by atoms with Gasteiger partial charge in [-0.25, -0.2) is 0 Å². The highest BCUT2D eigenvalue weighted by atomic mass is 32.2. The molecule has 1 aliphatic heterocycles. The number of anilines is 1. The summed E-state index contributed by atoms with van der Waals surface area (Å²) in [5, 5.41) is 12.0. The summed E-state index contributed by atoms with van der Waals surface area (Å²) in [6, 6.07) is 7.05. The molecule has 1 saturated heterocycles. The molecule has 30 heavy (non-hydrogen) atoms. The topological polar surface area (TPSA) is 89.3 Å². The molecule has 2 heterocycles. The van der Waals surface area contributed by atoms with Gasteiger partial charge >= 0.3 is 0 Å². The number of imide groups is 1. The van der Waals surface area contributed by atoms with Crippen molar-refractivity contribution in [3.8, 4) is 5.75 Å². The molecule has 160 valence electrons. The molecule has 0 spiro atoms. The summed E-state index contributed by atoms with van der Waals surface area (Å²) in [5.41, 5.74) is 0.414. The molecule has 8 nitrogen and oxygen atoms in total. The van der Waals surface area contributed by atoms with Crippen molar-refractivity contribution in [1.82, 2.24) is 20.1 Å². The second-order valence-corrected chi connectivity index (χ2v) is 8.89. The standard InChI is InChI=1S/C21H27N5O3S/c1-14-9-11-25(12-10-14)20-23-24-21(26(20)16-5-6-16)30-13-18(27)22-19(28)15-3-7-17(29-2)8-4-15/h3-4,7-8,14,16H,5-6,9-13H2,1-2H3,(H,22,27,28). The van der Waals surface area contributed by atoms with Crippen LogP contribution < -0.4 is 15.0 Å². The van der Waals surface area contributed by atoms with Gasteiger partial charge in [-0.2, -0.15) is 0 Å². The number of nitrogens with one attached hydrogen (secondary N) is 1. The number of methoxy groups -OCH3 is 1. The zero-order valence-electron chi connectivity index (χ0n) is 17.3. The minimum Gasteiger partial charge on any atom is -0.497 e. The van der Waals surface area contributed by atoms with E-state index in [-0.39, 0.29) is 11.7 Å². The number of nitrogens with zero attached hydrogens (tertiary/aromatic N) is 4. The fourth-order valence-electron chi connectivity index (χ4n) is 3.55. The number of carbonyl (C=O) groups is 2. The first-order valence-corrected chi connectivity index (χ1v) is 11.3. The molecule has 1 aromatic heterocycles. The minimum absolute atomic E-state index is 0.115. The van der Waals surface area contributed by atoms with Gasteiger partial charge in [-0.05, 0) is 55.9 Å². The molecule has 0 radical (unpaired) electrons. The molecule has 0 atom stereocenters. The second kappa shape index (κ2) is 9.07. The minimum atomic E-state index is -0.421. The van der Waals surface area contributed by atoms with E-state index in [1.807, 2.05) is 0 Å². The van der Waals surface area contributed by atoms with Crippen LogP contribution in [0, 0.1) is 5.92 Å². The van der Waals surface area contributed by atoms with Gasteiger partial charge in [-0.3, -0.25) is 19.5 Å². The molecule has 9 heteroatoms. The maximum Gasteiger partial charge on any atom is 0.257 e. The van der Waals surface area contributed by atoms with E-state index in [1.54, 1.807) is 31.4 Å². The first-order valence-electron chi connectivity index (χ1n) is 10.4. The van der Waals surface area contributed by atoms with Crippen LogP contribution in [0.4, 0.5) is 5.95 Å². The van der Waals surface area contributed by atoms with Gasteiger partial charge in [0.15, 0.2) is 5.16 Å². The fraction of sp³-hybridized carbons (Fsp3) is 0.524. The van der Waals surface area contributed by atoms with E-state index in [2.05, 4.69) is 31.9 Å². The van der Waals surface area contributed by atoms with E-state index in [9.17, 15) is 9.59 Å². The number of aromatic nitrogens is 3. The Morgan fingerprint density at radius 2 is 1.83 bits per heavy atom. The molecule has 1 N–H and O–H groups in total. The van der Waals surface area contributed by atoms with Crippen LogP contribution in [0.25, 0.3) is 0 Å². The summed E-state index contributed by atoms with van der Waals surface area (Å²) < 4.78 is 7.26. The van der Waals surface area contributed by atoms with Crippen LogP contribution in [0.2, 0.25) is 0 Å². The third-order valence-corrected chi connectivity index (χ3v) is 6.51. The summed E-state index contributed by atoms with van der Waals surface area (Å²) in [4.78, 5) is 26.9. The van der Waals surface area contributed by atoms with E-state index in [4.69, 9.17) is 4.74 Å². The van der Waals surface area contributed by atoms with Crippen LogP contribution >= 0.6 is 11.8 Å². The van der Waals surface area contributed by atoms with Gasteiger partial charge in [-0.15, -0.1) is 10.2 Å². The zero-order valence-corrected chi connectivity index (χ0v) is 18.2. The predicted octanol–water partition coefficient (Wildman–Crippen LogP) is 2.91. The van der Waals surface area contributed by atoms with Gasteiger partial charge < -0.3 is 9.64 Å². The Labute approximate surface area is 180 Å². The van der Waals surface area contributed by atoms with E-state index in [1.165, 1.54) is 11.8 Å². The average molecular weight is 430 g/mol. The second-order valence-electron chi connectivity index (χ2n) is 7.95. The number of hydrogen-bond acceptors (Lipinski definition) is 7. The van der Waals surface area contributed by atoms with Crippen LogP contribution in [-0.2, 0) is 4.79 Å². The molecule has 0 bridgehead atoms. The summed E-state index contributed by atoms with van der Waals surface area (Å²) in [5.74, 6) is 1.67. The molecule has 2 aliphatic rings. The monoisotopic (exact) mass is 429 g/mol. The van der Waals surface area contributed by atoms with Crippen molar-refractivity contribution in [2.45, 2.75) is 43.8 Å². The van der Waals surface area contributed by atoms with Crippen molar-refractivity contribution in [3.63, 3.8) is 0 Å². The zero-order chi connectivity index (χ0) is 21.1. The third kappa shape index (κ3) is 4.77. The third-order valence-electron chi connectivity index (χ3n) is 5.56. The van der Waals surface area contributed by atoms with Crippen LogP contribution in [0.3, 0.4) is 0 Å². The average Bonchev–Trinajstić information content (AvgIpc) is 3.52. The predicted molar refractivity (Wildman–Crippen MR) is 115 cm³/mol. The van der Waals surface area contributed by atoms with Crippen LogP contribution in [0.5, 0.6) is 5.75 Å². The van der Waals surface area contributed by atoms with Crippen LogP contribution in [0.1, 0.15) is 49.0 Å². The number of rotatable bonds is 7. The Kier molecular flexibility index (Phi) is 6.26. The number of hydrogen-bond donors (Lipinski definition) is 1. The Morgan fingerprint density at radius 3 is 2.47 bits per heavy atom. The molecule has 0 unspecified atom stereocenters. The quantitative estimate of drug-likeness (QED) is 0.677. The van der Waals surface area contributed by atoms with E-state index >= 15 is 0 Å². The number of thioether (sulfide) groups is 1. The number of amides is 2. The highest BCUT2D eigenvalue weighted by molar-refractivity contribution is 7.99. The van der Waals surface area contributed by atoms with Gasteiger partial charge in [0.25, 0.3) is 5.91 Å². The van der Waals surface area contributed by atoms with Gasteiger partial charge in [-0.1, -0.05) is 18.7 Å². The van der Waals surface area contributed by atoms with E-state index in [0.717, 1.165) is 55.8 Å². The van der Waals surface area contributed by atoms with Crippen molar-refractivity contribution in [2.75, 3.05) is 30.9 Å². The van der Waals surface area contributed by atoms with E-state index in [0.29, 0.717) is 17.4 Å². The van der Waals surface area contributed by atoms with Crippen molar-refractivity contribution in [2.24, 2.45) is 5.92 Å². The van der Waals surface area contributed by atoms with Gasteiger partial charge in [0.2, 0.25) is 11.9 Å². The van der Waals surface area contributed by atoms with Crippen molar-refractivity contribution in [3.05, 3.63) is 29.8 Å². The highest BCUT2D eigenvalue weighted by Gasteiger charge is 2.32. The number of benzene rings is 1. The van der Waals surface area contributed by atoms with Crippen LogP contribution in [0.15, 0.2) is 29.4 Å². The molecular formula is C21H27N5O3S. The molecular weight excluding hydrogens is 402 g/mol. The lowest BCUT2D eigenvalue weighted by molar-refractivity contribution is -0.117. The van der Waals surface area contributed by atoms with Gasteiger partial charge in [0.05, 0.1) is 12.9 Å². The van der Waals surface area contributed by atoms with Crippen molar-refractivity contribution < 1.29 is 14.3 Å². The van der Waals surface area contributed by atoms with Crippen molar-refractivity contribution in [1.29, 1.82) is 0 Å². The maximum absolute atomic E-state index is 12.3. The number of carbonyl (C=O) groups excluding carboxylic acids is 2.